The molecule has 0 aliphatic rings. The van der Waals surface area contributed by atoms with Gasteiger partial charge in [-0.1, -0.05) is 15.9 Å². The molecule has 6 heteroatoms. The fraction of sp³-hybridized carbons (Fsp3) is 0.455. The summed E-state index contributed by atoms with van der Waals surface area (Å²) in [4.78, 5) is 1.48. The number of nitrogens with zero attached hydrogens (tertiary/aromatic N) is 1. The fourth-order valence-corrected chi connectivity index (χ4v) is 1.90. The molecule has 0 radical (unpaired) electrons. The van der Waals surface area contributed by atoms with Crippen molar-refractivity contribution >= 4 is 21.6 Å². The van der Waals surface area contributed by atoms with Crippen LogP contribution in [0.4, 0.5) is 23.2 Å². The van der Waals surface area contributed by atoms with E-state index in [1.54, 1.807) is 7.05 Å². The van der Waals surface area contributed by atoms with Crippen LogP contribution in [0.5, 0.6) is 0 Å². The van der Waals surface area contributed by atoms with Gasteiger partial charge in [-0.05, 0) is 23.8 Å². The zero-order chi connectivity index (χ0) is 13.1. The van der Waals surface area contributed by atoms with Crippen LogP contribution in [0.3, 0.4) is 0 Å². The Morgan fingerprint density at radius 3 is 2.47 bits per heavy atom. The lowest BCUT2D eigenvalue weighted by Gasteiger charge is -2.22. The molecule has 0 N–H and O–H groups in total. The average Bonchev–Trinajstić information content (AvgIpc) is 2.24. The summed E-state index contributed by atoms with van der Waals surface area (Å²) in [5, 5.41) is 0.399. The highest BCUT2D eigenvalue weighted by atomic mass is 79.9. The zero-order valence-electron chi connectivity index (χ0n) is 9.19. The minimum Gasteiger partial charge on any atom is -0.374 e. The molecule has 0 fully saturated rings. The Kier molecular flexibility index (Phi) is 4.80. The van der Waals surface area contributed by atoms with Crippen molar-refractivity contribution in [2.75, 3.05) is 18.5 Å². The van der Waals surface area contributed by atoms with E-state index in [1.165, 1.54) is 23.1 Å². The van der Waals surface area contributed by atoms with Gasteiger partial charge in [-0.15, -0.1) is 0 Å². The van der Waals surface area contributed by atoms with E-state index in [2.05, 4.69) is 15.9 Å². The van der Waals surface area contributed by atoms with E-state index < -0.39 is 18.4 Å². The lowest BCUT2D eigenvalue weighted by molar-refractivity contribution is -0.132. The van der Waals surface area contributed by atoms with Crippen LogP contribution < -0.4 is 4.90 Å². The van der Waals surface area contributed by atoms with E-state index in [4.69, 9.17) is 0 Å². The van der Waals surface area contributed by atoms with Crippen molar-refractivity contribution in [3.63, 3.8) is 0 Å². The number of benzene rings is 1. The Balaban J connectivity index is 2.78. The average molecular weight is 314 g/mol. The highest BCUT2D eigenvalue weighted by Gasteiger charge is 2.27. The maximum atomic E-state index is 13.0. The first-order chi connectivity index (χ1) is 7.83. The van der Waals surface area contributed by atoms with Crippen LogP contribution in [0, 0.1) is 5.82 Å². The quantitative estimate of drug-likeness (QED) is 0.597. The van der Waals surface area contributed by atoms with Gasteiger partial charge in [0.25, 0.3) is 0 Å². The van der Waals surface area contributed by atoms with Crippen LogP contribution in [0.25, 0.3) is 0 Å². The molecule has 1 aromatic carbocycles. The first-order valence-corrected chi connectivity index (χ1v) is 6.08. The summed E-state index contributed by atoms with van der Waals surface area (Å²) < 4.78 is 49.2. The number of rotatable bonds is 4. The minimum absolute atomic E-state index is 0.144. The van der Waals surface area contributed by atoms with E-state index in [-0.39, 0.29) is 6.54 Å². The van der Waals surface area contributed by atoms with Gasteiger partial charge in [-0.3, -0.25) is 0 Å². The van der Waals surface area contributed by atoms with Gasteiger partial charge in [0.15, 0.2) is 0 Å². The Morgan fingerprint density at radius 1 is 1.29 bits per heavy atom. The van der Waals surface area contributed by atoms with Crippen molar-refractivity contribution in [2.24, 2.45) is 0 Å². The molecule has 17 heavy (non-hydrogen) atoms. The van der Waals surface area contributed by atoms with Crippen LogP contribution in [-0.4, -0.2) is 19.8 Å². The van der Waals surface area contributed by atoms with Crippen molar-refractivity contribution in [3.8, 4) is 0 Å². The number of hydrogen-bond acceptors (Lipinski definition) is 1. The third-order valence-corrected chi connectivity index (χ3v) is 2.93. The van der Waals surface area contributed by atoms with Crippen LogP contribution >= 0.6 is 15.9 Å². The largest absolute Gasteiger partial charge is 0.390 e. The van der Waals surface area contributed by atoms with Crippen LogP contribution in [-0.2, 0) is 5.33 Å². The molecular weight excluding hydrogens is 302 g/mol. The second kappa shape index (κ2) is 5.71. The molecule has 0 heterocycles. The number of anilines is 1. The number of alkyl halides is 4. The molecular formula is C11H12BrF4N. The number of hydrogen-bond donors (Lipinski definition) is 0. The summed E-state index contributed by atoms with van der Waals surface area (Å²) in [5.41, 5.74) is 1.24. The van der Waals surface area contributed by atoms with Crippen molar-refractivity contribution in [1.29, 1.82) is 0 Å². The molecule has 1 aromatic rings. The minimum atomic E-state index is -4.18. The van der Waals surface area contributed by atoms with Gasteiger partial charge < -0.3 is 4.90 Å². The molecule has 0 saturated heterocycles. The first kappa shape index (κ1) is 14.3. The second-order valence-electron chi connectivity index (χ2n) is 3.69. The van der Waals surface area contributed by atoms with E-state index in [9.17, 15) is 17.6 Å². The van der Waals surface area contributed by atoms with Crippen LogP contribution in [0.1, 0.15) is 12.0 Å². The van der Waals surface area contributed by atoms with Gasteiger partial charge >= 0.3 is 6.18 Å². The van der Waals surface area contributed by atoms with Crippen LogP contribution in [0.2, 0.25) is 0 Å². The molecule has 1 rings (SSSR count). The molecule has 0 saturated carbocycles. The molecule has 0 amide bonds. The van der Waals surface area contributed by atoms with Crippen molar-refractivity contribution in [2.45, 2.75) is 17.9 Å². The molecule has 96 valence electrons. The predicted octanol–water partition coefficient (Wildman–Crippen LogP) is 4.11. The smallest absolute Gasteiger partial charge is 0.374 e. The normalized spacial score (nSPS) is 11.6. The molecule has 1 nitrogen and oxygen atoms in total. The Morgan fingerprint density at radius 2 is 1.94 bits per heavy atom. The van der Waals surface area contributed by atoms with Crippen molar-refractivity contribution < 1.29 is 17.6 Å². The Labute approximate surface area is 106 Å². The fourth-order valence-electron chi connectivity index (χ4n) is 1.45. The van der Waals surface area contributed by atoms with E-state index >= 15 is 0 Å². The lowest BCUT2D eigenvalue weighted by Crippen LogP contribution is -2.24. The molecule has 0 bridgehead atoms. The first-order valence-electron chi connectivity index (χ1n) is 4.96. The van der Waals surface area contributed by atoms with Gasteiger partial charge in [0, 0.05) is 24.6 Å². The molecule has 0 unspecified atom stereocenters. The summed E-state index contributed by atoms with van der Waals surface area (Å²) in [5.74, 6) is -0.396. The molecule has 0 aliphatic carbocycles. The zero-order valence-corrected chi connectivity index (χ0v) is 10.8. The maximum absolute atomic E-state index is 13.0. The third kappa shape index (κ3) is 4.53. The maximum Gasteiger partial charge on any atom is 0.390 e. The van der Waals surface area contributed by atoms with Crippen LogP contribution in [0.15, 0.2) is 18.2 Å². The van der Waals surface area contributed by atoms with E-state index in [0.717, 1.165) is 0 Å². The molecule has 0 spiro atoms. The van der Waals surface area contributed by atoms with Crippen molar-refractivity contribution in [1.82, 2.24) is 0 Å². The van der Waals surface area contributed by atoms with Gasteiger partial charge in [0.05, 0.1) is 6.42 Å². The van der Waals surface area contributed by atoms with Gasteiger partial charge in [-0.2, -0.15) is 13.2 Å². The van der Waals surface area contributed by atoms with Crippen molar-refractivity contribution in [3.05, 3.63) is 29.6 Å². The van der Waals surface area contributed by atoms with Gasteiger partial charge in [0.1, 0.15) is 5.82 Å². The second-order valence-corrected chi connectivity index (χ2v) is 4.25. The highest BCUT2D eigenvalue weighted by molar-refractivity contribution is 9.08. The predicted molar refractivity (Wildman–Crippen MR) is 63.0 cm³/mol. The third-order valence-electron chi connectivity index (χ3n) is 2.33. The summed E-state index contributed by atoms with van der Waals surface area (Å²) in [6.07, 6.45) is -5.06. The monoisotopic (exact) mass is 313 g/mol. The summed E-state index contributed by atoms with van der Waals surface area (Å²) in [6.45, 7) is -0.144. The molecule has 0 aromatic heterocycles. The highest BCUT2D eigenvalue weighted by Crippen LogP contribution is 2.25. The summed E-state index contributed by atoms with van der Waals surface area (Å²) >= 11 is 3.19. The SMILES string of the molecule is CN(CCC(F)(F)F)c1ccc(F)cc1CBr. The van der Waals surface area contributed by atoms with Gasteiger partial charge in [0.2, 0.25) is 0 Å². The Bertz CT molecular complexity index is 378. The summed E-state index contributed by atoms with van der Waals surface area (Å²) in [6, 6.07) is 4.04. The summed E-state index contributed by atoms with van der Waals surface area (Å²) in [7, 11) is 1.56. The molecule has 0 atom stereocenters. The number of halogens is 5. The van der Waals surface area contributed by atoms with E-state index in [1.807, 2.05) is 0 Å². The standard InChI is InChI=1S/C11H12BrF4N/c1-17(5-4-11(14,15)16)10-3-2-9(13)6-8(10)7-12/h2-3,6H,4-5,7H2,1H3. The van der Waals surface area contributed by atoms with Gasteiger partial charge in [-0.25, -0.2) is 4.39 Å². The van der Waals surface area contributed by atoms with E-state index in [0.29, 0.717) is 16.6 Å². The molecule has 0 aliphatic heterocycles. The topological polar surface area (TPSA) is 3.24 Å². The lowest BCUT2D eigenvalue weighted by atomic mass is 10.1. The Hall–Kier alpha value is -0.780.